The van der Waals surface area contributed by atoms with Gasteiger partial charge in [0, 0.05) is 13.2 Å². The van der Waals surface area contributed by atoms with Gasteiger partial charge in [0.15, 0.2) is 0 Å². The molecule has 5 heteroatoms. The molecule has 0 atom stereocenters. The van der Waals surface area contributed by atoms with E-state index in [0.717, 1.165) is 11.1 Å². The van der Waals surface area contributed by atoms with Crippen molar-refractivity contribution in [2.24, 2.45) is 0 Å². The monoisotopic (exact) mass is 257 g/mol. The molecule has 2 N–H and O–H groups in total. The van der Waals surface area contributed by atoms with Gasteiger partial charge in [-0.2, -0.15) is 0 Å². The van der Waals surface area contributed by atoms with Crippen LogP contribution in [0, 0.1) is 6.92 Å². The van der Waals surface area contributed by atoms with Crippen LogP contribution < -0.4 is 4.72 Å². The lowest BCUT2D eigenvalue weighted by Gasteiger charge is -2.06. The number of benzene rings is 1. The van der Waals surface area contributed by atoms with E-state index in [1.165, 1.54) is 0 Å². The van der Waals surface area contributed by atoms with E-state index >= 15 is 0 Å². The number of rotatable bonds is 7. The van der Waals surface area contributed by atoms with Crippen molar-refractivity contribution in [2.75, 3.05) is 12.4 Å². The molecular formula is C12H19NO3S. The lowest BCUT2D eigenvalue weighted by molar-refractivity contribution is 0.287. The van der Waals surface area contributed by atoms with Crippen LogP contribution in [0.25, 0.3) is 0 Å². The second-order valence-corrected chi connectivity index (χ2v) is 5.98. The van der Waals surface area contributed by atoms with Crippen LogP contribution in [0.3, 0.4) is 0 Å². The molecule has 96 valence electrons. The van der Waals surface area contributed by atoms with Crippen LogP contribution in [0.2, 0.25) is 0 Å². The predicted octanol–water partition coefficient (Wildman–Crippen LogP) is 1.19. The molecule has 4 nitrogen and oxygen atoms in total. The van der Waals surface area contributed by atoms with Crippen LogP contribution in [0.4, 0.5) is 0 Å². The summed E-state index contributed by atoms with van der Waals surface area (Å²) in [6, 6.07) is 7.72. The van der Waals surface area contributed by atoms with Crippen molar-refractivity contribution in [3.8, 4) is 0 Å². The van der Waals surface area contributed by atoms with Gasteiger partial charge in [-0.3, -0.25) is 0 Å². The van der Waals surface area contributed by atoms with Crippen molar-refractivity contribution in [3.63, 3.8) is 0 Å². The van der Waals surface area contributed by atoms with Gasteiger partial charge < -0.3 is 5.11 Å². The van der Waals surface area contributed by atoms with Gasteiger partial charge in [0.05, 0.1) is 5.75 Å². The largest absolute Gasteiger partial charge is 0.396 e. The van der Waals surface area contributed by atoms with E-state index in [2.05, 4.69) is 4.72 Å². The molecule has 0 spiro atoms. The highest BCUT2D eigenvalue weighted by molar-refractivity contribution is 7.89. The number of nitrogens with one attached hydrogen (secondary N) is 1. The summed E-state index contributed by atoms with van der Waals surface area (Å²) in [7, 11) is -3.22. The normalized spacial score (nSPS) is 11.6. The first kappa shape index (κ1) is 14.2. The lowest BCUT2D eigenvalue weighted by Crippen LogP contribution is -2.26. The van der Waals surface area contributed by atoms with E-state index in [1.807, 2.05) is 31.2 Å². The highest BCUT2D eigenvalue weighted by Gasteiger charge is 2.08. The van der Waals surface area contributed by atoms with Gasteiger partial charge in [-0.15, -0.1) is 0 Å². The molecule has 0 fully saturated rings. The zero-order valence-electron chi connectivity index (χ0n) is 10.0. The average Bonchev–Trinajstić information content (AvgIpc) is 2.29. The molecule has 0 aliphatic rings. The molecule has 17 heavy (non-hydrogen) atoms. The minimum atomic E-state index is -3.22. The van der Waals surface area contributed by atoms with E-state index in [0.29, 0.717) is 19.4 Å². The maximum absolute atomic E-state index is 11.6. The van der Waals surface area contributed by atoms with E-state index in [1.54, 1.807) is 0 Å². The second kappa shape index (κ2) is 6.74. The Morgan fingerprint density at radius 2 is 1.82 bits per heavy atom. The minimum Gasteiger partial charge on any atom is -0.396 e. The Balaban J connectivity index is 2.41. The molecule has 0 saturated carbocycles. The first-order valence-electron chi connectivity index (χ1n) is 5.67. The maximum Gasteiger partial charge on any atom is 0.211 e. The molecule has 0 aliphatic heterocycles. The third-order valence-corrected chi connectivity index (χ3v) is 3.85. The highest BCUT2D eigenvalue weighted by Crippen LogP contribution is 2.03. The minimum absolute atomic E-state index is 0.0352. The second-order valence-electron chi connectivity index (χ2n) is 4.06. The number of unbranched alkanes of at least 4 members (excludes halogenated alkanes) is 1. The summed E-state index contributed by atoms with van der Waals surface area (Å²) in [4.78, 5) is 0. The Hall–Kier alpha value is -0.910. The molecule has 1 aromatic rings. The zero-order chi connectivity index (χ0) is 12.7. The van der Waals surface area contributed by atoms with Crippen LogP contribution in [0.1, 0.15) is 24.0 Å². The van der Waals surface area contributed by atoms with Gasteiger partial charge in [-0.05, 0) is 25.3 Å². The van der Waals surface area contributed by atoms with E-state index in [9.17, 15) is 8.42 Å². The van der Waals surface area contributed by atoms with Gasteiger partial charge in [0.25, 0.3) is 0 Å². The van der Waals surface area contributed by atoms with Gasteiger partial charge in [-0.25, -0.2) is 13.1 Å². The fourth-order valence-corrected chi connectivity index (χ4v) is 2.49. The van der Waals surface area contributed by atoms with Crippen molar-refractivity contribution >= 4 is 10.0 Å². The topological polar surface area (TPSA) is 66.4 Å². The Morgan fingerprint density at radius 3 is 2.41 bits per heavy atom. The van der Waals surface area contributed by atoms with Crippen LogP contribution in [-0.2, 0) is 16.6 Å². The van der Waals surface area contributed by atoms with Crippen molar-refractivity contribution in [1.29, 1.82) is 0 Å². The highest BCUT2D eigenvalue weighted by atomic mass is 32.2. The third kappa shape index (κ3) is 5.81. The van der Waals surface area contributed by atoms with Crippen LogP contribution >= 0.6 is 0 Å². The van der Waals surface area contributed by atoms with Crippen LogP contribution in [0.5, 0.6) is 0 Å². The zero-order valence-corrected chi connectivity index (χ0v) is 10.8. The number of hydrogen-bond acceptors (Lipinski definition) is 3. The lowest BCUT2D eigenvalue weighted by atomic mass is 10.2. The van der Waals surface area contributed by atoms with Crippen LogP contribution in [0.15, 0.2) is 24.3 Å². The van der Waals surface area contributed by atoms with E-state index in [4.69, 9.17) is 5.11 Å². The summed E-state index contributed by atoms with van der Waals surface area (Å²) < 4.78 is 25.7. The summed E-state index contributed by atoms with van der Waals surface area (Å²) in [6.45, 7) is 2.35. The third-order valence-electron chi connectivity index (χ3n) is 2.44. The Bertz CT molecular complexity index is 426. The van der Waals surface area contributed by atoms with Gasteiger partial charge in [-0.1, -0.05) is 29.8 Å². The number of sulfonamides is 1. The first-order valence-corrected chi connectivity index (χ1v) is 7.32. The SMILES string of the molecule is Cc1ccc(CNS(=O)(=O)CCCCO)cc1. The molecule has 0 heterocycles. The van der Waals surface area contributed by atoms with Gasteiger partial charge >= 0.3 is 0 Å². The molecule has 0 aliphatic carbocycles. The van der Waals surface area contributed by atoms with Crippen molar-refractivity contribution < 1.29 is 13.5 Å². The number of aliphatic hydroxyl groups is 1. The molecule has 0 unspecified atom stereocenters. The molecule has 1 aromatic carbocycles. The predicted molar refractivity (Wildman–Crippen MR) is 68.1 cm³/mol. The number of aryl methyl sites for hydroxylation is 1. The fraction of sp³-hybridized carbons (Fsp3) is 0.500. The standard InChI is InChI=1S/C12H19NO3S/c1-11-4-6-12(7-5-11)10-13-17(15,16)9-3-2-8-14/h4-7,13-14H,2-3,8-10H2,1H3. The van der Waals surface area contributed by atoms with Crippen molar-refractivity contribution in [2.45, 2.75) is 26.3 Å². The Morgan fingerprint density at radius 1 is 1.18 bits per heavy atom. The van der Waals surface area contributed by atoms with Crippen LogP contribution in [-0.4, -0.2) is 25.9 Å². The quantitative estimate of drug-likeness (QED) is 0.721. The Kier molecular flexibility index (Phi) is 5.61. The smallest absolute Gasteiger partial charge is 0.211 e. The molecule has 0 saturated heterocycles. The molecule has 0 amide bonds. The maximum atomic E-state index is 11.6. The number of hydrogen-bond donors (Lipinski definition) is 2. The van der Waals surface area contributed by atoms with E-state index in [-0.39, 0.29) is 12.4 Å². The van der Waals surface area contributed by atoms with Crippen molar-refractivity contribution in [1.82, 2.24) is 4.72 Å². The fourth-order valence-electron chi connectivity index (χ4n) is 1.38. The average molecular weight is 257 g/mol. The molecule has 0 bridgehead atoms. The van der Waals surface area contributed by atoms with Gasteiger partial charge in [0.2, 0.25) is 10.0 Å². The van der Waals surface area contributed by atoms with Gasteiger partial charge in [0.1, 0.15) is 0 Å². The summed E-state index contributed by atoms with van der Waals surface area (Å²) >= 11 is 0. The van der Waals surface area contributed by atoms with E-state index < -0.39 is 10.0 Å². The Labute approximate surface area is 103 Å². The molecular weight excluding hydrogens is 238 g/mol. The molecule has 0 aromatic heterocycles. The molecule has 1 rings (SSSR count). The summed E-state index contributed by atoms with van der Waals surface area (Å²) in [6.07, 6.45) is 1.01. The summed E-state index contributed by atoms with van der Waals surface area (Å²) in [5, 5.41) is 8.58. The summed E-state index contributed by atoms with van der Waals surface area (Å²) in [5.74, 6) is 0.0689. The molecule has 0 radical (unpaired) electrons. The summed E-state index contributed by atoms with van der Waals surface area (Å²) in [5.41, 5.74) is 2.10. The first-order chi connectivity index (χ1) is 8.03. The number of aliphatic hydroxyl groups excluding tert-OH is 1. The van der Waals surface area contributed by atoms with Crippen molar-refractivity contribution in [3.05, 3.63) is 35.4 Å².